The molecule has 0 saturated heterocycles. The number of nitrogens with zero attached hydrogens (tertiary/aromatic N) is 1. The first kappa shape index (κ1) is 11.4. The predicted octanol–water partition coefficient (Wildman–Crippen LogP) is 3.01. The van der Waals surface area contributed by atoms with E-state index >= 15 is 0 Å². The molecule has 0 radical (unpaired) electrons. The van der Waals surface area contributed by atoms with Crippen molar-refractivity contribution in [1.29, 1.82) is 0 Å². The predicted molar refractivity (Wildman–Crippen MR) is 71.0 cm³/mol. The molecule has 0 unspecified atom stereocenters. The van der Waals surface area contributed by atoms with Crippen molar-refractivity contribution in [2.45, 2.75) is 6.42 Å². The Hall–Kier alpha value is -1.68. The number of benzene rings is 1. The topological polar surface area (TPSA) is 39.2 Å². The second-order valence-electron chi connectivity index (χ2n) is 4.08. The van der Waals surface area contributed by atoms with Gasteiger partial charge in [-0.15, -0.1) is 0 Å². The van der Waals surface area contributed by atoms with Gasteiger partial charge in [-0.25, -0.2) is 0 Å². The van der Waals surface area contributed by atoms with E-state index in [1.807, 2.05) is 18.2 Å². The standard InChI is InChI=1S/C14H10BrNO2/c15-10-4-5-12(16-8-10)13(17)11-3-1-2-9-6-7-18-14(9)11/h1-5,8H,6-7H2. The lowest BCUT2D eigenvalue weighted by atomic mass is 10.0. The maximum atomic E-state index is 12.4. The maximum absolute atomic E-state index is 12.4. The number of ether oxygens (including phenoxy) is 1. The molecule has 0 fully saturated rings. The zero-order valence-corrected chi connectivity index (χ0v) is 11.1. The Kier molecular flexibility index (Phi) is 2.88. The van der Waals surface area contributed by atoms with Crippen molar-refractivity contribution < 1.29 is 9.53 Å². The molecule has 0 saturated carbocycles. The number of hydrogen-bond donors (Lipinski definition) is 0. The Labute approximate surface area is 113 Å². The summed E-state index contributed by atoms with van der Waals surface area (Å²) in [4.78, 5) is 16.5. The van der Waals surface area contributed by atoms with Gasteiger partial charge in [-0.2, -0.15) is 0 Å². The lowest BCUT2D eigenvalue weighted by molar-refractivity contribution is 0.103. The van der Waals surface area contributed by atoms with Gasteiger partial charge in [-0.05, 0) is 39.7 Å². The molecule has 1 aromatic heterocycles. The van der Waals surface area contributed by atoms with Gasteiger partial charge in [-0.3, -0.25) is 9.78 Å². The van der Waals surface area contributed by atoms with Gasteiger partial charge < -0.3 is 4.74 Å². The number of fused-ring (bicyclic) bond motifs is 1. The fourth-order valence-electron chi connectivity index (χ4n) is 2.04. The van der Waals surface area contributed by atoms with Gasteiger partial charge >= 0.3 is 0 Å². The average Bonchev–Trinajstić information content (AvgIpc) is 2.87. The van der Waals surface area contributed by atoms with Crippen LogP contribution in [-0.4, -0.2) is 17.4 Å². The third-order valence-corrected chi connectivity index (χ3v) is 3.39. The van der Waals surface area contributed by atoms with Crippen molar-refractivity contribution in [2.75, 3.05) is 6.61 Å². The number of pyridine rings is 1. The maximum Gasteiger partial charge on any atom is 0.215 e. The third-order valence-electron chi connectivity index (χ3n) is 2.92. The van der Waals surface area contributed by atoms with Crippen LogP contribution in [0.2, 0.25) is 0 Å². The molecule has 18 heavy (non-hydrogen) atoms. The van der Waals surface area contributed by atoms with Crippen molar-refractivity contribution >= 4 is 21.7 Å². The monoisotopic (exact) mass is 303 g/mol. The van der Waals surface area contributed by atoms with Gasteiger partial charge in [0.1, 0.15) is 11.4 Å². The van der Waals surface area contributed by atoms with Gasteiger partial charge in [0.2, 0.25) is 5.78 Å². The van der Waals surface area contributed by atoms with E-state index in [4.69, 9.17) is 4.74 Å². The van der Waals surface area contributed by atoms with Crippen molar-refractivity contribution in [3.63, 3.8) is 0 Å². The van der Waals surface area contributed by atoms with Crippen molar-refractivity contribution in [3.05, 3.63) is 57.8 Å². The van der Waals surface area contributed by atoms with Crippen LogP contribution in [0.1, 0.15) is 21.6 Å². The second-order valence-corrected chi connectivity index (χ2v) is 5.00. The number of carbonyl (C=O) groups is 1. The highest BCUT2D eigenvalue weighted by molar-refractivity contribution is 9.10. The number of hydrogen-bond acceptors (Lipinski definition) is 3. The molecule has 0 amide bonds. The number of ketones is 1. The summed E-state index contributed by atoms with van der Waals surface area (Å²) in [5, 5.41) is 0. The van der Waals surface area contributed by atoms with Gasteiger partial charge in [0.15, 0.2) is 0 Å². The van der Waals surface area contributed by atoms with E-state index in [2.05, 4.69) is 20.9 Å². The Morgan fingerprint density at radius 2 is 2.17 bits per heavy atom. The van der Waals surface area contributed by atoms with Crippen LogP contribution in [-0.2, 0) is 6.42 Å². The normalized spacial score (nSPS) is 12.9. The van der Waals surface area contributed by atoms with Crippen molar-refractivity contribution in [1.82, 2.24) is 4.98 Å². The molecule has 90 valence electrons. The molecule has 3 rings (SSSR count). The summed E-state index contributed by atoms with van der Waals surface area (Å²) < 4.78 is 6.39. The number of aromatic nitrogens is 1. The second kappa shape index (κ2) is 4.53. The van der Waals surface area contributed by atoms with Crippen LogP contribution in [0.15, 0.2) is 41.0 Å². The van der Waals surface area contributed by atoms with Crippen molar-refractivity contribution in [3.8, 4) is 5.75 Å². The van der Waals surface area contributed by atoms with Crippen LogP contribution in [0.4, 0.5) is 0 Å². The minimum Gasteiger partial charge on any atom is -0.492 e. The lowest BCUT2D eigenvalue weighted by Gasteiger charge is -2.06. The molecule has 0 aliphatic carbocycles. The summed E-state index contributed by atoms with van der Waals surface area (Å²) >= 11 is 3.30. The van der Waals surface area contributed by atoms with Crippen LogP contribution in [0.5, 0.6) is 5.75 Å². The highest BCUT2D eigenvalue weighted by Crippen LogP contribution is 2.30. The highest BCUT2D eigenvalue weighted by atomic mass is 79.9. The van der Waals surface area contributed by atoms with E-state index in [0.717, 1.165) is 16.5 Å². The minimum atomic E-state index is -0.0961. The molecule has 3 nitrogen and oxygen atoms in total. The van der Waals surface area contributed by atoms with E-state index in [1.54, 1.807) is 18.3 Å². The average molecular weight is 304 g/mol. The highest BCUT2D eigenvalue weighted by Gasteiger charge is 2.21. The van der Waals surface area contributed by atoms with Crippen LogP contribution in [0.3, 0.4) is 0 Å². The first-order valence-electron chi connectivity index (χ1n) is 5.66. The molecule has 0 spiro atoms. The molecular weight excluding hydrogens is 294 g/mol. The Morgan fingerprint density at radius 1 is 1.28 bits per heavy atom. The summed E-state index contributed by atoms with van der Waals surface area (Å²) in [6.07, 6.45) is 2.49. The van der Waals surface area contributed by atoms with Crippen LogP contribution in [0, 0.1) is 0 Å². The zero-order chi connectivity index (χ0) is 12.5. The molecule has 4 heteroatoms. The molecule has 0 bridgehead atoms. The largest absolute Gasteiger partial charge is 0.492 e. The fraction of sp³-hybridized carbons (Fsp3) is 0.143. The van der Waals surface area contributed by atoms with Crippen LogP contribution in [0.25, 0.3) is 0 Å². The van der Waals surface area contributed by atoms with E-state index in [-0.39, 0.29) is 5.78 Å². The summed E-state index contributed by atoms with van der Waals surface area (Å²) in [5.41, 5.74) is 2.12. The molecule has 0 N–H and O–H groups in total. The molecule has 1 aliphatic rings. The van der Waals surface area contributed by atoms with Crippen LogP contribution >= 0.6 is 15.9 Å². The van der Waals surface area contributed by atoms with E-state index in [9.17, 15) is 4.79 Å². The Balaban J connectivity index is 2.03. The van der Waals surface area contributed by atoms with Gasteiger partial charge in [0, 0.05) is 17.1 Å². The van der Waals surface area contributed by atoms with Gasteiger partial charge in [0.05, 0.1) is 12.2 Å². The smallest absolute Gasteiger partial charge is 0.215 e. The molecule has 1 aromatic carbocycles. The summed E-state index contributed by atoms with van der Waals surface area (Å²) in [5.74, 6) is 0.619. The Bertz CT molecular complexity index is 608. The SMILES string of the molecule is O=C(c1ccc(Br)cn1)c1cccc2c1OCC2. The molecular formula is C14H10BrNO2. The summed E-state index contributed by atoms with van der Waals surface area (Å²) in [7, 11) is 0. The van der Waals surface area contributed by atoms with E-state index in [0.29, 0.717) is 23.6 Å². The number of rotatable bonds is 2. The third kappa shape index (κ3) is 1.93. The zero-order valence-electron chi connectivity index (χ0n) is 9.52. The molecule has 1 aliphatic heterocycles. The van der Waals surface area contributed by atoms with E-state index in [1.165, 1.54) is 0 Å². The first-order valence-corrected chi connectivity index (χ1v) is 6.46. The molecule has 2 heterocycles. The molecule has 0 atom stereocenters. The van der Waals surface area contributed by atoms with Crippen LogP contribution < -0.4 is 4.74 Å². The lowest BCUT2D eigenvalue weighted by Crippen LogP contribution is -2.05. The fourth-order valence-corrected chi connectivity index (χ4v) is 2.28. The van der Waals surface area contributed by atoms with Crippen molar-refractivity contribution in [2.24, 2.45) is 0 Å². The Morgan fingerprint density at radius 3 is 2.94 bits per heavy atom. The van der Waals surface area contributed by atoms with E-state index < -0.39 is 0 Å². The van der Waals surface area contributed by atoms with Gasteiger partial charge in [0.25, 0.3) is 0 Å². The number of halogens is 1. The molecule has 2 aromatic rings. The quantitative estimate of drug-likeness (QED) is 0.801. The summed E-state index contributed by atoms with van der Waals surface area (Å²) in [6, 6.07) is 9.19. The number of carbonyl (C=O) groups excluding carboxylic acids is 1. The number of para-hydroxylation sites is 1. The van der Waals surface area contributed by atoms with Gasteiger partial charge in [-0.1, -0.05) is 12.1 Å². The summed E-state index contributed by atoms with van der Waals surface area (Å²) in [6.45, 7) is 0.646. The first-order chi connectivity index (χ1) is 8.75. The minimum absolute atomic E-state index is 0.0961.